The van der Waals surface area contributed by atoms with Crippen LogP contribution in [0.25, 0.3) is 0 Å². The van der Waals surface area contributed by atoms with Crippen LogP contribution in [0.2, 0.25) is 0 Å². The number of hydrogen-bond acceptors (Lipinski definition) is 3. The Labute approximate surface area is 192 Å². The van der Waals surface area contributed by atoms with Crippen molar-refractivity contribution in [3.63, 3.8) is 0 Å². The molecule has 6 nitrogen and oxygen atoms in total. The lowest BCUT2D eigenvalue weighted by atomic mass is 10.2. The van der Waals surface area contributed by atoms with Gasteiger partial charge in [0.05, 0.1) is 12.2 Å². The summed E-state index contributed by atoms with van der Waals surface area (Å²) in [6.07, 6.45) is 1.64. The normalized spacial score (nSPS) is 10.4. The molecule has 1 heterocycles. The van der Waals surface area contributed by atoms with Crippen LogP contribution in [0.15, 0.2) is 103 Å². The first-order chi connectivity index (χ1) is 16.2. The number of benzene rings is 3. The molecule has 0 radical (unpaired) electrons. The van der Waals surface area contributed by atoms with Crippen LogP contribution in [0.1, 0.15) is 27.2 Å². The van der Waals surface area contributed by atoms with Crippen LogP contribution >= 0.6 is 0 Å². The molecule has 166 valence electrons. The maximum atomic E-state index is 13.1. The van der Waals surface area contributed by atoms with Crippen LogP contribution < -0.4 is 10.2 Å². The monoisotopic (exact) mass is 439 g/mol. The molecule has 0 saturated carbocycles. The van der Waals surface area contributed by atoms with Gasteiger partial charge in [-0.05, 0) is 22.8 Å². The van der Waals surface area contributed by atoms with Gasteiger partial charge in [-0.2, -0.15) is 0 Å². The van der Waals surface area contributed by atoms with E-state index in [1.165, 1.54) is 0 Å². The zero-order valence-electron chi connectivity index (χ0n) is 18.1. The smallest absolute Gasteiger partial charge is 0.355 e. The van der Waals surface area contributed by atoms with E-state index in [0.717, 1.165) is 16.7 Å². The van der Waals surface area contributed by atoms with Gasteiger partial charge >= 0.3 is 12.0 Å². The number of carbonyl (C=O) groups excluding carboxylic acids is 2. The quantitative estimate of drug-likeness (QED) is 0.367. The van der Waals surface area contributed by atoms with Crippen LogP contribution in [-0.2, 0) is 24.4 Å². The molecular formula is C27H25N3O3. The number of H-pyrrole nitrogens is 1. The molecule has 0 bridgehead atoms. The number of nitrogens with zero attached hydrogens (tertiary/aromatic N) is 1. The summed E-state index contributed by atoms with van der Waals surface area (Å²) >= 11 is 0. The molecule has 0 aliphatic carbocycles. The number of urea groups is 1. The SMILES string of the molecule is O=C(OCc1ccccc1)c1cc(N(Cc2ccccc2)C(=O)NCc2ccccc2)c[nH]1. The van der Waals surface area contributed by atoms with Crippen LogP contribution in [0.3, 0.4) is 0 Å². The van der Waals surface area contributed by atoms with E-state index in [-0.39, 0.29) is 18.3 Å². The zero-order chi connectivity index (χ0) is 22.9. The minimum Gasteiger partial charge on any atom is -0.456 e. The molecule has 3 aromatic carbocycles. The van der Waals surface area contributed by atoms with Gasteiger partial charge in [0.15, 0.2) is 0 Å². The summed E-state index contributed by atoms with van der Waals surface area (Å²) in [6.45, 7) is 0.943. The molecule has 1 aromatic heterocycles. The Morgan fingerprint density at radius 1 is 0.788 bits per heavy atom. The Bertz CT molecular complexity index is 1170. The lowest BCUT2D eigenvalue weighted by molar-refractivity contribution is 0.0466. The molecule has 0 aliphatic rings. The molecule has 6 heteroatoms. The molecule has 33 heavy (non-hydrogen) atoms. The Morgan fingerprint density at radius 2 is 1.36 bits per heavy atom. The summed E-state index contributed by atoms with van der Waals surface area (Å²) in [5.74, 6) is -0.477. The third-order valence-electron chi connectivity index (χ3n) is 5.13. The van der Waals surface area contributed by atoms with Crippen molar-refractivity contribution in [3.05, 3.63) is 126 Å². The third kappa shape index (κ3) is 6.11. The summed E-state index contributed by atoms with van der Waals surface area (Å²) < 4.78 is 5.40. The van der Waals surface area contributed by atoms with Crippen LogP contribution in [0.5, 0.6) is 0 Å². The highest BCUT2D eigenvalue weighted by atomic mass is 16.5. The van der Waals surface area contributed by atoms with E-state index in [4.69, 9.17) is 4.74 Å². The highest BCUT2D eigenvalue weighted by molar-refractivity contribution is 5.94. The average Bonchev–Trinajstić information content (AvgIpc) is 3.36. The second kappa shape index (κ2) is 10.8. The summed E-state index contributed by atoms with van der Waals surface area (Å²) in [5.41, 5.74) is 3.75. The second-order valence-electron chi connectivity index (χ2n) is 7.55. The molecule has 0 aliphatic heterocycles. The molecule has 4 rings (SSSR count). The average molecular weight is 440 g/mol. The van der Waals surface area contributed by atoms with E-state index >= 15 is 0 Å². The molecule has 0 saturated heterocycles. The van der Waals surface area contributed by atoms with Crippen molar-refractivity contribution < 1.29 is 14.3 Å². The summed E-state index contributed by atoms with van der Waals surface area (Å²) in [5, 5.41) is 2.96. The van der Waals surface area contributed by atoms with Gasteiger partial charge in [0.2, 0.25) is 0 Å². The number of hydrogen-bond donors (Lipinski definition) is 2. The van der Waals surface area contributed by atoms with E-state index in [1.807, 2.05) is 91.0 Å². The molecule has 0 unspecified atom stereocenters. The molecule has 2 amide bonds. The van der Waals surface area contributed by atoms with Gasteiger partial charge in [0, 0.05) is 12.7 Å². The number of aromatic nitrogens is 1. The maximum absolute atomic E-state index is 13.1. The van der Waals surface area contributed by atoms with Gasteiger partial charge in [-0.15, -0.1) is 0 Å². The Kier molecular flexibility index (Phi) is 7.18. The van der Waals surface area contributed by atoms with Gasteiger partial charge in [-0.3, -0.25) is 4.90 Å². The topological polar surface area (TPSA) is 74.4 Å². The lowest BCUT2D eigenvalue weighted by Gasteiger charge is -2.22. The second-order valence-corrected chi connectivity index (χ2v) is 7.55. The first kappa shape index (κ1) is 21.9. The van der Waals surface area contributed by atoms with E-state index < -0.39 is 5.97 Å². The molecule has 0 spiro atoms. The molecule has 4 aromatic rings. The minimum absolute atomic E-state index is 0.180. The summed E-state index contributed by atoms with van der Waals surface area (Å²) in [6, 6.07) is 30.3. The fourth-order valence-corrected chi connectivity index (χ4v) is 3.37. The molecule has 0 fully saturated rings. The predicted molar refractivity (Wildman–Crippen MR) is 128 cm³/mol. The number of nitrogens with one attached hydrogen (secondary N) is 2. The van der Waals surface area contributed by atoms with Gasteiger partial charge in [0.25, 0.3) is 0 Å². The van der Waals surface area contributed by atoms with Gasteiger partial charge in [0.1, 0.15) is 12.3 Å². The number of ether oxygens (including phenoxy) is 1. The third-order valence-corrected chi connectivity index (χ3v) is 5.13. The van der Waals surface area contributed by atoms with E-state index in [0.29, 0.717) is 18.8 Å². The molecular weight excluding hydrogens is 414 g/mol. The van der Waals surface area contributed by atoms with Crippen molar-refractivity contribution in [2.24, 2.45) is 0 Å². The summed E-state index contributed by atoms with van der Waals surface area (Å²) in [4.78, 5) is 30.2. The molecule has 2 N–H and O–H groups in total. The predicted octanol–water partition coefficient (Wildman–Crippen LogP) is 5.29. The fraction of sp³-hybridized carbons (Fsp3) is 0.111. The largest absolute Gasteiger partial charge is 0.456 e. The van der Waals surface area contributed by atoms with Crippen molar-refractivity contribution >= 4 is 17.7 Å². The van der Waals surface area contributed by atoms with Crippen molar-refractivity contribution in [3.8, 4) is 0 Å². The molecule has 0 atom stereocenters. The highest BCUT2D eigenvalue weighted by Crippen LogP contribution is 2.20. The van der Waals surface area contributed by atoms with Gasteiger partial charge < -0.3 is 15.0 Å². The van der Waals surface area contributed by atoms with Crippen LogP contribution in [-0.4, -0.2) is 17.0 Å². The Balaban J connectivity index is 1.47. The van der Waals surface area contributed by atoms with Crippen molar-refractivity contribution in [1.29, 1.82) is 0 Å². The highest BCUT2D eigenvalue weighted by Gasteiger charge is 2.20. The number of esters is 1. The zero-order valence-corrected chi connectivity index (χ0v) is 18.1. The Morgan fingerprint density at radius 3 is 2.00 bits per heavy atom. The number of carbonyl (C=O) groups is 2. The standard InChI is InChI=1S/C27H25N3O3/c31-26(33-20-23-14-8-3-9-15-23)25-16-24(18-28-25)30(19-22-12-6-2-7-13-22)27(32)29-17-21-10-4-1-5-11-21/h1-16,18,28H,17,19-20H2,(H,29,32). The lowest BCUT2D eigenvalue weighted by Crippen LogP contribution is -2.39. The van der Waals surface area contributed by atoms with Crippen molar-refractivity contribution in [2.45, 2.75) is 19.7 Å². The maximum Gasteiger partial charge on any atom is 0.355 e. The van der Waals surface area contributed by atoms with Crippen LogP contribution in [0, 0.1) is 0 Å². The minimum atomic E-state index is -0.477. The van der Waals surface area contributed by atoms with E-state index in [9.17, 15) is 9.59 Å². The number of rotatable bonds is 8. The number of anilines is 1. The van der Waals surface area contributed by atoms with Gasteiger partial charge in [-0.1, -0.05) is 91.0 Å². The van der Waals surface area contributed by atoms with Crippen molar-refractivity contribution in [1.82, 2.24) is 10.3 Å². The summed E-state index contributed by atoms with van der Waals surface area (Å²) in [7, 11) is 0. The first-order valence-electron chi connectivity index (χ1n) is 10.7. The van der Waals surface area contributed by atoms with Crippen molar-refractivity contribution in [2.75, 3.05) is 4.90 Å². The first-order valence-corrected chi connectivity index (χ1v) is 10.7. The Hall–Kier alpha value is -4.32. The number of aromatic amines is 1. The van der Waals surface area contributed by atoms with Gasteiger partial charge in [-0.25, -0.2) is 9.59 Å². The van der Waals surface area contributed by atoms with Crippen LogP contribution in [0.4, 0.5) is 10.5 Å². The fourth-order valence-electron chi connectivity index (χ4n) is 3.37. The van der Waals surface area contributed by atoms with E-state index in [2.05, 4.69) is 10.3 Å². The van der Waals surface area contributed by atoms with E-state index in [1.54, 1.807) is 17.2 Å². The number of amides is 2.